The molecule has 1 rings (SSSR count). The van der Waals surface area contributed by atoms with Gasteiger partial charge in [0.05, 0.1) is 32.0 Å². The van der Waals surface area contributed by atoms with Gasteiger partial charge in [-0.15, -0.1) is 6.42 Å². The lowest BCUT2D eigenvalue weighted by Gasteiger charge is -2.06. The van der Waals surface area contributed by atoms with Gasteiger partial charge in [0.2, 0.25) is 0 Å². The van der Waals surface area contributed by atoms with Crippen LogP contribution in [-0.4, -0.2) is 38.9 Å². The van der Waals surface area contributed by atoms with Crippen LogP contribution in [0.3, 0.4) is 0 Å². The Morgan fingerprint density at radius 1 is 1.15 bits per heavy atom. The molecule has 0 aromatic heterocycles. The third-order valence-electron chi connectivity index (χ3n) is 2.38. The second-order valence-electron chi connectivity index (χ2n) is 3.93. The van der Waals surface area contributed by atoms with E-state index in [0.29, 0.717) is 38.5 Å². The molecule has 0 radical (unpaired) electrons. The van der Waals surface area contributed by atoms with Crippen LogP contribution in [0.4, 0.5) is 0 Å². The Morgan fingerprint density at radius 2 is 1.85 bits per heavy atom. The van der Waals surface area contributed by atoms with Crippen LogP contribution in [-0.2, 0) is 20.8 Å². The zero-order chi connectivity index (χ0) is 14.6. The molecule has 0 heterocycles. The maximum absolute atomic E-state index is 11.5. The van der Waals surface area contributed by atoms with Crippen LogP contribution in [0.2, 0.25) is 0 Å². The third kappa shape index (κ3) is 6.34. The Kier molecular flexibility index (Phi) is 8.08. The molecule has 2 N–H and O–H groups in total. The van der Waals surface area contributed by atoms with Gasteiger partial charge >= 0.3 is 5.97 Å². The summed E-state index contributed by atoms with van der Waals surface area (Å²) in [5.41, 5.74) is 6.73. The number of nitrogens with two attached hydrogens (primary N) is 1. The molecule has 0 atom stereocenters. The number of esters is 1. The number of hydrogen-bond donors (Lipinski definition) is 1. The molecule has 0 aliphatic rings. The second-order valence-corrected chi connectivity index (χ2v) is 3.93. The first-order valence-electron chi connectivity index (χ1n) is 6.33. The van der Waals surface area contributed by atoms with Gasteiger partial charge in [0.1, 0.15) is 0 Å². The molecule has 5 heteroatoms. The van der Waals surface area contributed by atoms with Crippen LogP contribution in [0.5, 0.6) is 0 Å². The van der Waals surface area contributed by atoms with Gasteiger partial charge in [-0.25, -0.2) is 4.79 Å². The molecule has 1 aromatic carbocycles. The first-order chi connectivity index (χ1) is 9.77. The summed E-state index contributed by atoms with van der Waals surface area (Å²) in [4.78, 5) is 11.5. The van der Waals surface area contributed by atoms with Crippen LogP contribution in [0.25, 0.3) is 0 Å². The van der Waals surface area contributed by atoms with Gasteiger partial charge in [-0.2, -0.15) is 0 Å². The van der Waals surface area contributed by atoms with E-state index >= 15 is 0 Å². The van der Waals surface area contributed by atoms with Gasteiger partial charge in [0.15, 0.2) is 6.61 Å². The smallest absolute Gasteiger partial charge is 0.339 e. The summed E-state index contributed by atoms with van der Waals surface area (Å²) in [6.45, 7) is 2.52. The Bertz CT molecular complexity index is 436. The van der Waals surface area contributed by atoms with Gasteiger partial charge in [0, 0.05) is 6.54 Å². The normalized spacial score (nSPS) is 10.0. The van der Waals surface area contributed by atoms with Crippen molar-refractivity contribution in [3.63, 3.8) is 0 Å². The zero-order valence-electron chi connectivity index (χ0n) is 11.3. The van der Waals surface area contributed by atoms with Crippen molar-refractivity contribution in [1.82, 2.24) is 0 Å². The molecule has 0 saturated carbocycles. The Morgan fingerprint density at radius 3 is 2.50 bits per heavy atom. The summed E-state index contributed by atoms with van der Waals surface area (Å²) in [7, 11) is 0. The first kappa shape index (κ1) is 16.2. The van der Waals surface area contributed by atoms with E-state index in [2.05, 4.69) is 5.92 Å². The van der Waals surface area contributed by atoms with E-state index in [1.54, 1.807) is 12.1 Å². The van der Waals surface area contributed by atoms with Crippen molar-refractivity contribution < 1.29 is 19.0 Å². The maximum Gasteiger partial charge on any atom is 0.339 e. The van der Waals surface area contributed by atoms with Gasteiger partial charge in [-0.1, -0.05) is 18.1 Å². The molecule has 0 spiro atoms. The standard InChI is InChI=1S/C15H19NO4/c1-2-8-20-15(17)14-5-3-13(4-6-14)12-19-11-10-18-9-7-16/h1,3-6H,7-12,16H2. The molecular weight excluding hydrogens is 258 g/mol. The molecule has 108 valence electrons. The van der Waals surface area contributed by atoms with E-state index in [1.807, 2.05) is 12.1 Å². The Hall–Kier alpha value is -1.87. The predicted molar refractivity (Wildman–Crippen MR) is 75.1 cm³/mol. The SMILES string of the molecule is C#CCOC(=O)c1ccc(COCCOCCN)cc1. The number of hydrogen-bond acceptors (Lipinski definition) is 5. The van der Waals surface area contributed by atoms with Gasteiger partial charge < -0.3 is 19.9 Å². The molecule has 20 heavy (non-hydrogen) atoms. The van der Waals surface area contributed by atoms with E-state index < -0.39 is 5.97 Å². The van der Waals surface area contributed by atoms with Crippen molar-refractivity contribution in [2.24, 2.45) is 5.73 Å². The summed E-state index contributed by atoms with van der Waals surface area (Å²) in [6.07, 6.45) is 5.02. The number of ether oxygens (including phenoxy) is 3. The minimum Gasteiger partial charge on any atom is -0.449 e. The van der Waals surface area contributed by atoms with Crippen LogP contribution in [0, 0.1) is 12.3 Å². The average Bonchev–Trinajstić information content (AvgIpc) is 2.49. The minimum absolute atomic E-state index is 0.0213. The zero-order valence-corrected chi connectivity index (χ0v) is 11.3. The van der Waals surface area contributed by atoms with Crippen LogP contribution >= 0.6 is 0 Å². The van der Waals surface area contributed by atoms with Crippen LogP contribution in [0.15, 0.2) is 24.3 Å². The van der Waals surface area contributed by atoms with E-state index in [1.165, 1.54) is 0 Å². The molecular formula is C15H19NO4. The Balaban J connectivity index is 2.28. The summed E-state index contributed by atoms with van der Waals surface area (Å²) >= 11 is 0. The van der Waals surface area contributed by atoms with E-state index in [0.717, 1.165) is 5.56 Å². The van der Waals surface area contributed by atoms with Crippen molar-refractivity contribution in [2.75, 3.05) is 33.0 Å². The largest absolute Gasteiger partial charge is 0.449 e. The highest BCUT2D eigenvalue weighted by Gasteiger charge is 2.05. The summed E-state index contributed by atoms with van der Waals surface area (Å²) in [5, 5.41) is 0. The molecule has 0 saturated heterocycles. The predicted octanol–water partition coefficient (Wildman–Crippen LogP) is 0.968. The van der Waals surface area contributed by atoms with E-state index in [9.17, 15) is 4.79 Å². The Labute approximate surface area is 119 Å². The number of benzene rings is 1. The fourth-order valence-electron chi connectivity index (χ4n) is 1.42. The molecule has 1 aromatic rings. The monoisotopic (exact) mass is 277 g/mol. The highest BCUT2D eigenvalue weighted by Crippen LogP contribution is 2.07. The molecule has 0 amide bonds. The number of terminal acetylenes is 1. The maximum atomic E-state index is 11.5. The minimum atomic E-state index is -0.425. The van der Waals surface area contributed by atoms with Crippen molar-refractivity contribution >= 4 is 5.97 Å². The quantitative estimate of drug-likeness (QED) is 0.414. The topological polar surface area (TPSA) is 70.8 Å². The average molecular weight is 277 g/mol. The molecule has 0 bridgehead atoms. The van der Waals surface area contributed by atoms with Gasteiger partial charge in [-0.3, -0.25) is 0 Å². The van der Waals surface area contributed by atoms with Crippen LogP contribution in [0.1, 0.15) is 15.9 Å². The van der Waals surface area contributed by atoms with Crippen molar-refractivity contribution in [3.8, 4) is 12.3 Å². The van der Waals surface area contributed by atoms with Crippen LogP contribution < -0.4 is 5.73 Å². The van der Waals surface area contributed by atoms with E-state index in [-0.39, 0.29) is 6.61 Å². The molecule has 0 aliphatic heterocycles. The third-order valence-corrected chi connectivity index (χ3v) is 2.38. The molecule has 0 unspecified atom stereocenters. The second kappa shape index (κ2) is 9.98. The highest BCUT2D eigenvalue weighted by molar-refractivity contribution is 5.89. The molecule has 0 aliphatic carbocycles. The number of rotatable bonds is 9. The van der Waals surface area contributed by atoms with E-state index in [4.69, 9.17) is 26.4 Å². The van der Waals surface area contributed by atoms with Crippen molar-refractivity contribution in [1.29, 1.82) is 0 Å². The lowest BCUT2D eigenvalue weighted by molar-refractivity contribution is 0.0433. The molecule has 0 fully saturated rings. The lowest BCUT2D eigenvalue weighted by Crippen LogP contribution is -2.12. The fraction of sp³-hybridized carbons (Fsp3) is 0.400. The fourth-order valence-corrected chi connectivity index (χ4v) is 1.42. The summed E-state index contributed by atoms with van der Waals surface area (Å²) < 4.78 is 15.4. The summed E-state index contributed by atoms with van der Waals surface area (Å²) in [6, 6.07) is 6.99. The van der Waals surface area contributed by atoms with Crippen molar-refractivity contribution in [3.05, 3.63) is 35.4 Å². The van der Waals surface area contributed by atoms with Crippen molar-refractivity contribution in [2.45, 2.75) is 6.61 Å². The van der Waals surface area contributed by atoms with Gasteiger partial charge in [0.25, 0.3) is 0 Å². The lowest BCUT2D eigenvalue weighted by atomic mass is 10.1. The number of carbonyl (C=O) groups excluding carboxylic acids is 1. The van der Waals surface area contributed by atoms with Gasteiger partial charge in [-0.05, 0) is 17.7 Å². The first-order valence-corrected chi connectivity index (χ1v) is 6.33. The highest BCUT2D eigenvalue weighted by atomic mass is 16.5. The molecule has 5 nitrogen and oxygen atoms in total. The summed E-state index contributed by atoms with van der Waals surface area (Å²) in [5.74, 6) is 1.82. The number of carbonyl (C=O) groups is 1.